The van der Waals surface area contributed by atoms with Crippen molar-refractivity contribution in [2.75, 3.05) is 11.6 Å². The Bertz CT molecular complexity index is 922. The zero-order valence-corrected chi connectivity index (χ0v) is 13.9. The van der Waals surface area contributed by atoms with Gasteiger partial charge in [-0.05, 0) is 24.5 Å². The van der Waals surface area contributed by atoms with E-state index in [9.17, 15) is 10.1 Å². The first-order valence-corrected chi connectivity index (χ1v) is 8.30. The highest BCUT2D eigenvalue weighted by Crippen LogP contribution is 2.29. The molecule has 1 amide bonds. The van der Waals surface area contributed by atoms with Crippen LogP contribution >= 0.6 is 11.8 Å². The summed E-state index contributed by atoms with van der Waals surface area (Å²) in [7, 11) is 1.68. The maximum atomic E-state index is 12.5. The van der Waals surface area contributed by atoms with E-state index in [0.29, 0.717) is 22.1 Å². The van der Waals surface area contributed by atoms with E-state index in [-0.39, 0.29) is 5.91 Å². The number of carbonyl (C=O) groups is 1. The monoisotopic (exact) mass is 338 g/mol. The molecule has 3 rings (SSSR count). The van der Waals surface area contributed by atoms with Gasteiger partial charge < -0.3 is 5.32 Å². The average molecular weight is 338 g/mol. The lowest BCUT2D eigenvalue weighted by atomic mass is 10.3. The molecular weight excluding hydrogens is 324 g/mol. The lowest BCUT2D eigenvalue weighted by Gasteiger charge is -2.09. The van der Waals surface area contributed by atoms with E-state index >= 15 is 0 Å². The van der Waals surface area contributed by atoms with E-state index in [2.05, 4.69) is 21.6 Å². The number of aryl methyl sites for hydroxylation is 1. The summed E-state index contributed by atoms with van der Waals surface area (Å²) in [4.78, 5) is 12.5. The molecule has 0 radical (unpaired) electrons. The fourth-order valence-corrected chi connectivity index (χ4v) is 2.79. The van der Waals surface area contributed by atoms with Crippen LogP contribution in [0.1, 0.15) is 16.1 Å². The second kappa shape index (κ2) is 6.60. The number of hydrogen-bond acceptors (Lipinski definition) is 5. The molecule has 0 aliphatic rings. The zero-order valence-electron chi connectivity index (χ0n) is 13.1. The Morgan fingerprint density at radius 3 is 2.62 bits per heavy atom. The predicted octanol–water partition coefficient (Wildman–Crippen LogP) is 2.45. The van der Waals surface area contributed by atoms with Crippen LogP contribution in [0, 0.1) is 11.3 Å². The molecule has 0 unspecified atom stereocenters. The van der Waals surface area contributed by atoms with Crippen LogP contribution in [-0.4, -0.2) is 31.7 Å². The van der Waals surface area contributed by atoms with Crippen LogP contribution in [0.15, 0.2) is 47.6 Å². The van der Waals surface area contributed by atoms with Gasteiger partial charge in [-0.2, -0.15) is 15.5 Å². The van der Waals surface area contributed by atoms with Crippen molar-refractivity contribution in [1.29, 1.82) is 5.26 Å². The molecular formula is C16H14N6OS. The summed E-state index contributed by atoms with van der Waals surface area (Å²) in [6.45, 7) is 0. The fraction of sp³-hybridized carbons (Fsp3) is 0.125. The molecule has 0 bridgehead atoms. The number of benzene rings is 1. The van der Waals surface area contributed by atoms with Crippen LogP contribution in [0.2, 0.25) is 0 Å². The van der Waals surface area contributed by atoms with E-state index in [1.54, 1.807) is 24.0 Å². The van der Waals surface area contributed by atoms with Crippen molar-refractivity contribution in [2.45, 2.75) is 5.03 Å². The second-order valence-electron chi connectivity index (χ2n) is 4.89. The van der Waals surface area contributed by atoms with E-state index in [0.717, 1.165) is 5.69 Å². The Kier molecular flexibility index (Phi) is 4.35. The predicted molar refractivity (Wildman–Crippen MR) is 91.2 cm³/mol. The van der Waals surface area contributed by atoms with E-state index in [4.69, 9.17) is 0 Å². The first-order valence-electron chi connectivity index (χ1n) is 7.07. The highest BCUT2D eigenvalue weighted by atomic mass is 32.2. The molecule has 24 heavy (non-hydrogen) atoms. The summed E-state index contributed by atoms with van der Waals surface area (Å²) >= 11 is 1.35. The maximum absolute atomic E-state index is 12.5. The molecule has 0 aliphatic heterocycles. The number of hydrogen-bond donors (Lipinski definition) is 1. The summed E-state index contributed by atoms with van der Waals surface area (Å²) in [6, 6.07) is 13.1. The van der Waals surface area contributed by atoms with Gasteiger partial charge in [-0.25, -0.2) is 4.68 Å². The van der Waals surface area contributed by atoms with Gasteiger partial charge >= 0.3 is 0 Å². The maximum Gasteiger partial charge on any atom is 0.275 e. The summed E-state index contributed by atoms with van der Waals surface area (Å²) in [6.07, 6.45) is 3.38. The SMILES string of the molecule is CSc1nn(-c2ccccc2)c(NC(=O)c2ccnn2C)c1C#N. The molecule has 8 heteroatoms. The zero-order chi connectivity index (χ0) is 17.1. The Morgan fingerprint density at radius 2 is 2.04 bits per heavy atom. The quantitative estimate of drug-likeness (QED) is 0.738. The summed E-state index contributed by atoms with van der Waals surface area (Å²) in [5.41, 5.74) is 1.49. The third-order valence-corrected chi connectivity index (χ3v) is 4.12. The van der Waals surface area contributed by atoms with Crippen LogP contribution in [0.5, 0.6) is 0 Å². The number of thioether (sulfide) groups is 1. The third kappa shape index (κ3) is 2.77. The van der Waals surface area contributed by atoms with Gasteiger partial charge in [-0.3, -0.25) is 9.48 Å². The van der Waals surface area contributed by atoms with Crippen LogP contribution in [0.3, 0.4) is 0 Å². The van der Waals surface area contributed by atoms with Crippen molar-refractivity contribution in [3.05, 3.63) is 53.9 Å². The van der Waals surface area contributed by atoms with Crippen LogP contribution < -0.4 is 5.32 Å². The second-order valence-corrected chi connectivity index (χ2v) is 5.68. The first-order chi connectivity index (χ1) is 11.7. The molecule has 0 aliphatic carbocycles. The number of rotatable bonds is 4. The molecule has 0 saturated heterocycles. The molecule has 7 nitrogen and oxygen atoms in total. The van der Waals surface area contributed by atoms with Crippen LogP contribution in [0.4, 0.5) is 5.82 Å². The molecule has 0 saturated carbocycles. The van der Waals surface area contributed by atoms with Gasteiger partial charge in [0.15, 0.2) is 5.82 Å². The Labute approximate surface area is 142 Å². The van der Waals surface area contributed by atoms with Gasteiger partial charge in [0.25, 0.3) is 5.91 Å². The van der Waals surface area contributed by atoms with Crippen molar-refractivity contribution in [1.82, 2.24) is 19.6 Å². The van der Waals surface area contributed by atoms with Gasteiger partial charge in [0.2, 0.25) is 0 Å². The number of nitriles is 1. The Morgan fingerprint density at radius 1 is 1.29 bits per heavy atom. The minimum atomic E-state index is -0.351. The van der Waals surface area contributed by atoms with Crippen molar-refractivity contribution in [3.8, 4) is 11.8 Å². The number of anilines is 1. The smallest absolute Gasteiger partial charge is 0.275 e. The topological polar surface area (TPSA) is 88.5 Å². The van der Waals surface area contributed by atoms with Gasteiger partial charge in [-0.15, -0.1) is 11.8 Å². The highest BCUT2D eigenvalue weighted by Gasteiger charge is 2.22. The van der Waals surface area contributed by atoms with Gasteiger partial charge in [0.1, 0.15) is 22.4 Å². The van der Waals surface area contributed by atoms with Crippen molar-refractivity contribution in [2.24, 2.45) is 7.05 Å². The standard InChI is InChI=1S/C16H14N6OS/c1-21-13(8-9-18-21)15(23)19-14-12(10-17)16(24-2)20-22(14)11-6-4-3-5-7-11/h3-9H,1-2H3,(H,19,23). The summed E-state index contributed by atoms with van der Waals surface area (Å²) in [5, 5.41) is 21.3. The van der Waals surface area contributed by atoms with Crippen molar-refractivity contribution >= 4 is 23.5 Å². The number of nitrogens with one attached hydrogen (secondary N) is 1. The average Bonchev–Trinajstić information content (AvgIpc) is 3.18. The number of amides is 1. The summed E-state index contributed by atoms with van der Waals surface area (Å²) < 4.78 is 3.04. The minimum absolute atomic E-state index is 0.335. The number of nitrogens with zero attached hydrogens (tertiary/aromatic N) is 5. The largest absolute Gasteiger partial charge is 0.304 e. The van der Waals surface area contributed by atoms with E-state index in [1.165, 1.54) is 16.4 Å². The molecule has 3 aromatic rings. The van der Waals surface area contributed by atoms with E-state index in [1.807, 2.05) is 36.6 Å². The van der Waals surface area contributed by atoms with Gasteiger partial charge in [-0.1, -0.05) is 18.2 Å². The van der Waals surface area contributed by atoms with Gasteiger partial charge in [0.05, 0.1) is 5.69 Å². The highest BCUT2D eigenvalue weighted by molar-refractivity contribution is 7.98. The number of aromatic nitrogens is 4. The summed E-state index contributed by atoms with van der Waals surface area (Å²) in [5.74, 6) is -0.00418. The number of para-hydroxylation sites is 1. The molecule has 1 N–H and O–H groups in total. The molecule has 0 atom stereocenters. The molecule has 0 spiro atoms. The molecule has 1 aromatic carbocycles. The first kappa shape index (κ1) is 15.8. The lowest BCUT2D eigenvalue weighted by molar-refractivity contribution is 0.101. The van der Waals surface area contributed by atoms with Crippen molar-refractivity contribution < 1.29 is 4.79 Å². The molecule has 120 valence electrons. The molecule has 2 heterocycles. The lowest BCUT2D eigenvalue weighted by Crippen LogP contribution is -2.19. The van der Waals surface area contributed by atoms with E-state index < -0.39 is 0 Å². The fourth-order valence-electron chi connectivity index (χ4n) is 2.28. The Balaban J connectivity index is 2.09. The minimum Gasteiger partial charge on any atom is -0.304 e. The van der Waals surface area contributed by atoms with Crippen LogP contribution in [0.25, 0.3) is 5.69 Å². The Hall–Kier alpha value is -3.05. The van der Waals surface area contributed by atoms with Gasteiger partial charge in [0, 0.05) is 13.2 Å². The van der Waals surface area contributed by atoms with Crippen molar-refractivity contribution in [3.63, 3.8) is 0 Å². The number of carbonyl (C=O) groups excluding carboxylic acids is 1. The molecule has 0 fully saturated rings. The third-order valence-electron chi connectivity index (χ3n) is 3.44. The molecule has 2 aromatic heterocycles. The normalized spacial score (nSPS) is 10.4. The van der Waals surface area contributed by atoms with Crippen LogP contribution in [-0.2, 0) is 7.05 Å².